The summed E-state index contributed by atoms with van der Waals surface area (Å²) in [5.41, 5.74) is 6.11. The Morgan fingerprint density at radius 2 is 2.14 bits per heavy atom. The van der Waals surface area contributed by atoms with Crippen LogP contribution in [-0.4, -0.2) is 57.2 Å². The van der Waals surface area contributed by atoms with E-state index in [4.69, 9.17) is 10.5 Å². The zero-order valence-corrected chi connectivity index (χ0v) is 13.0. The van der Waals surface area contributed by atoms with Crippen LogP contribution in [0.5, 0.6) is 0 Å². The number of morpholine rings is 1. The lowest BCUT2D eigenvalue weighted by Gasteiger charge is -2.29. The number of aromatic nitrogens is 1. The summed E-state index contributed by atoms with van der Waals surface area (Å²) in [5.74, 6) is 0. The lowest BCUT2D eigenvalue weighted by atomic mass is 10.3. The fraction of sp³-hybridized carbons (Fsp3) is 0.615. The molecule has 118 valence electrons. The first-order chi connectivity index (χ1) is 10.0. The number of nitrogens with zero attached hydrogens (tertiary/aromatic N) is 2. The molecule has 0 bridgehead atoms. The molecule has 2 rings (SSSR count). The van der Waals surface area contributed by atoms with Crippen molar-refractivity contribution in [3.63, 3.8) is 0 Å². The average molecular weight is 314 g/mol. The number of hydrogen-bond acceptors (Lipinski definition) is 6. The topological polar surface area (TPSA) is 97.5 Å². The number of ether oxygens (including phenoxy) is 1. The van der Waals surface area contributed by atoms with Gasteiger partial charge in [0, 0.05) is 38.4 Å². The van der Waals surface area contributed by atoms with Gasteiger partial charge in [-0.2, -0.15) is 0 Å². The van der Waals surface area contributed by atoms with E-state index in [1.165, 1.54) is 12.3 Å². The van der Waals surface area contributed by atoms with Gasteiger partial charge < -0.3 is 10.5 Å². The summed E-state index contributed by atoms with van der Waals surface area (Å²) in [6.45, 7) is 5.87. The summed E-state index contributed by atoms with van der Waals surface area (Å²) < 4.78 is 32.5. The molecule has 0 aromatic carbocycles. The highest BCUT2D eigenvalue weighted by Crippen LogP contribution is 2.09. The van der Waals surface area contributed by atoms with Crippen LogP contribution in [0.4, 0.5) is 0 Å². The maximum Gasteiger partial charge on any atom is 0.242 e. The third kappa shape index (κ3) is 4.72. The smallest absolute Gasteiger partial charge is 0.242 e. The minimum absolute atomic E-state index is 0.161. The van der Waals surface area contributed by atoms with Crippen molar-refractivity contribution in [3.8, 4) is 0 Å². The van der Waals surface area contributed by atoms with Crippen LogP contribution in [0.25, 0.3) is 0 Å². The molecule has 1 aliphatic rings. The van der Waals surface area contributed by atoms with E-state index in [0.717, 1.165) is 13.1 Å². The van der Waals surface area contributed by atoms with Crippen molar-refractivity contribution >= 4 is 10.0 Å². The Morgan fingerprint density at radius 1 is 1.43 bits per heavy atom. The van der Waals surface area contributed by atoms with Crippen LogP contribution >= 0.6 is 0 Å². The Kier molecular flexibility index (Phi) is 5.65. The zero-order valence-electron chi connectivity index (χ0n) is 12.2. The Hall–Kier alpha value is -1.06. The third-order valence-electron chi connectivity index (χ3n) is 3.31. The predicted molar refractivity (Wildman–Crippen MR) is 79.2 cm³/mol. The van der Waals surface area contributed by atoms with Crippen molar-refractivity contribution in [2.75, 3.05) is 32.8 Å². The number of nitrogens with two attached hydrogens (primary N) is 1. The largest absolute Gasteiger partial charge is 0.379 e. The Balaban J connectivity index is 1.95. The first-order valence-corrected chi connectivity index (χ1v) is 8.47. The van der Waals surface area contributed by atoms with Crippen LogP contribution < -0.4 is 10.5 Å². The van der Waals surface area contributed by atoms with E-state index in [1.54, 1.807) is 6.07 Å². The number of rotatable bonds is 6. The second-order valence-electron chi connectivity index (χ2n) is 5.12. The van der Waals surface area contributed by atoms with E-state index in [1.807, 2.05) is 6.92 Å². The summed E-state index contributed by atoms with van der Waals surface area (Å²) in [4.78, 5) is 6.36. The van der Waals surface area contributed by atoms with E-state index < -0.39 is 10.0 Å². The van der Waals surface area contributed by atoms with Crippen molar-refractivity contribution in [2.24, 2.45) is 5.73 Å². The number of pyridine rings is 1. The minimum Gasteiger partial charge on any atom is -0.379 e. The molecule has 0 saturated carbocycles. The molecule has 0 amide bonds. The van der Waals surface area contributed by atoms with Gasteiger partial charge in [-0.15, -0.1) is 0 Å². The fourth-order valence-corrected chi connectivity index (χ4v) is 3.41. The highest BCUT2D eigenvalue weighted by Gasteiger charge is 2.20. The minimum atomic E-state index is -3.55. The molecule has 1 unspecified atom stereocenters. The van der Waals surface area contributed by atoms with Gasteiger partial charge in [-0.3, -0.25) is 9.88 Å². The summed E-state index contributed by atoms with van der Waals surface area (Å²) >= 11 is 0. The van der Waals surface area contributed by atoms with Crippen molar-refractivity contribution in [1.29, 1.82) is 0 Å². The van der Waals surface area contributed by atoms with Gasteiger partial charge in [0.2, 0.25) is 10.0 Å². The van der Waals surface area contributed by atoms with E-state index >= 15 is 0 Å². The molecule has 1 aliphatic heterocycles. The Bertz CT molecular complexity index is 541. The van der Waals surface area contributed by atoms with Crippen LogP contribution in [0.1, 0.15) is 12.6 Å². The summed E-state index contributed by atoms with van der Waals surface area (Å²) in [6.07, 6.45) is 1.34. The molecule has 7 nitrogen and oxygen atoms in total. The molecular formula is C13H22N4O3S. The first-order valence-electron chi connectivity index (χ1n) is 6.98. The number of hydrogen-bond donors (Lipinski definition) is 2. The predicted octanol–water partition coefficient (Wildman–Crippen LogP) is -0.461. The van der Waals surface area contributed by atoms with Gasteiger partial charge in [0.25, 0.3) is 0 Å². The molecule has 2 heterocycles. The van der Waals surface area contributed by atoms with Gasteiger partial charge in [-0.1, -0.05) is 0 Å². The molecule has 1 aromatic heterocycles. The number of sulfonamides is 1. The highest BCUT2D eigenvalue weighted by atomic mass is 32.2. The zero-order chi connectivity index (χ0) is 15.3. The van der Waals surface area contributed by atoms with Crippen molar-refractivity contribution in [2.45, 2.75) is 24.4 Å². The molecule has 1 aromatic rings. The molecule has 8 heteroatoms. The van der Waals surface area contributed by atoms with E-state index in [2.05, 4.69) is 14.6 Å². The highest BCUT2D eigenvalue weighted by molar-refractivity contribution is 7.89. The van der Waals surface area contributed by atoms with Crippen molar-refractivity contribution < 1.29 is 13.2 Å². The van der Waals surface area contributed by atoms with Gasteiger partial charge in [-0.25, -0.2) is 13.1 Å². The van der Waals surface area contributed by atoms with E-state index in [9.17, 15) is 8.42 Å². The molecule has 1 fully saturated rings. The van der Waals surface area contributed by atoms with Gasteiger partial charge in [0.15, 0.2) is 0 Å². The molecule has 3 N–H and O–H groups in total. The molecule has 1 saturated heterocycles. The Morgan fingerprint density at radius 3 is 2.71 bits per heavy atom. The summed E-state index contributed by atoms with van der Waals surface area (Å²) in [7, 11) is -3.55. The average Bonchev–Trinajstić information content (AvgIpc) is 2.47. The monoisotopic (exact) mass is 314 g/mol. The SMILES string of the molecule is CC(CN1CCOCC1)NS(=O)(=O)c1ccc(CN)nc1. The van der Waals surface area contributed by atoms with Crippen molar-refractivity contribution in [3.05, 3.63) is 24.0 Å². The van der Waals surface area contributed by atoms with Crippen molar-refractivity contribution in [1.82, 2.24) is 14.6 Å². The van der Waals surface area contributed by atoms with E-state index in [-0.39, 0.29) is 10.9 Å². The summed E-state index contributed by atoms with van der Waals surface area (Å²) in [5, 5.41) is 0. The second kappa shape index (κ2) is 7.28. The van der Waals surface area contributed by atoms with Gasteiger partial charge in [0.1, 0.15) is 4.90 Å². The lowest BCUT2D eigenvalue weighted by Crippen LogP contribution is -2.45. The lowest BCUT2D eigenvalue weighted by molar-refractivity contribution is 0.0354. The molecule has 0 aliphatic carbocycles. The third-order valence-corrected chi connectivity index (χ3v) is 4.88. The number of nitrogens with one attached hydrogen (secondary N) is 1. The standard InChI is InChI=1S/C13H22N4O3S/c1-11(10-17-4-6-20-7-5-17)16-21(18,19)13-3-2-12(8-14)15-9-13/h2-3,9,11,16H,4-8,10,14H2,1H3. The summed E-state index contributed by atoms with van der Waals surface area (Å²) in [6, 6.07) is 2.97. The molecule has 1 atom stereocenters. The first kappa shape index (κ1) is 16.3. The van der Waals surface area contributed by atoms with E-state index in [0.29, 0.717) is 32.0 Å². The molecule has 0 spiro atoms. The van der Waals surface area contributed by atoms with Gasteiger partial charge >= 0.3 is 0 Å². The quantitative estimate of drug-likeness (QED) is 0.737. The molecule has 21 heavy (non-hydrogen) atoms. The van der Waals surface area contributed by atoms with Crippen LogP contribution in [0.3, 0.4) is 0 Å². The Labute approximate surface area is 125 Å². The van der Waals surface area contributed by atoms with Gasteiger partial charge in [0.05, 0.1) is 18.9 Å². The second-order valence-corrected chi connectivity index (χ2v) is 6.84. The molecular weight excluding hydrogens is 292 g/mol. The van der Waals surface area contributed by atoms with Crippen LogP contribution in [-0.2, 0) is 21.3 Å². The van der Waals surface area contributed by atoms with Gasteiger partial charge in [-0.05, 0) is 19.1 Å². The fourth-order valence-electron chi connectivity index (χ4n) is 2.23. The van der Waals surface area contributed by atoms with Crippen LogP contribution in [0, 0.1) is 0 Å². The van der Waals surface area contributed by atoms with Crippen LogP contribution in [0.2, 0.25) is 0 Å². The maximum absolute atomic E-state index is 12.3. The normalized spacial score (nSPS) is 18.6. The van der Waals surface area contributed by atoms with Crippen LogP contribution in [0.15, 0.2) is 23.2 Å². The maximum atomic E-state index is 12.3. The molecule has 0 radical (unpaired) electrons.